The molecule has 0 atom stereocenters. The van der Waals surface area contributed by atoms with Gasteiger partial charge in [0.1, 0.15) is 19.0 Å². The molecule has 0 saturated heterocycles. The largest absolute Gasteiger partial charge is 0.506 e. The molecule has 0 aliphatic carbocycles. The highest BCUT2D eigenvalue weighted by Crippen LogP contribution is 2.31. The summed E-state index contributed by atoms with van der Waals surface area (Å²) >= 11 is 0. The van der Waals surface area contributed by atoms with Crippen molar-refractivity contribution in [3.8, 4) is 17.2 Å². The van der Waals surface area contributed by atoms with Crippen molar-refractivity contribution >= 4 is 23.6 Å². The maximum absolute atomic E-state index is 12.1. The predicted octanol–water partition coefficient (Wildman–Crippen LogP) is 2.44. The molecule has 134 valence electrons. The van der Waals surface area contributed by atoms with Crippen molar-refractivity contribution in [3.63, 3.8) is 0 Å². The number of aliphatic carboxylic acids is 1. The molecule has 7 nitrogen and oxygen atoms in total. The highest BCUT2D eigenvalue weighted by molar-refractivity contribution is 6.02. The van der Waals surface area contributed by atoms with Crippen LogP contribution in [0.4, 0.5) is 5.69 Å². The lowest BCUT2D eigenvalue weighted by atomic mass is 10.1. The van der Waals surface area contributed by atoms with Crippen LogP contribution in [-0.2, 0) is 16.0 Å². The molecule has 0 spiro atoms. The van der Waals surface area contributed by atoms with Gasteiger partial charge in [0.2, 0.25) is 5.91 Å². The number of carbonyl (C=O) groups excluding carboxylic acids is 1. The Kier molecular flexibility index (Phi) is 5.07. The molecular formula is C19H17NO6. The maximum Gasteiger partial charge on any atom is 0.307 e. The van der Waals surface area contributed by atoms with E-state index in [0.717, 1.165) is 5.56 Å². The van der Waals surface area contributed by atoms with E-state index in [2.05, 4.69) is 5.32 Å². The number of aromatic hydroxyl groups is 1. The molecule has 0 fully saturated rings. The Labute approximate surface area is 149 Å². The summed E-state index contributed by atoms with van der Waals surface area (Å²) in [6.07, 6.45) is 2.72. The highest BCUT2D eigenvalue weighted by atomic mass is 16.6. The number of carbonyl (C=O) groups is 2. The third kappa shape index (κ3) is 4.32. The smallest absolute Gasteiger partial charge is 0.307 e. The summed E-state index contributed by atoms with van der Waals surface area (Å²) in [6.45, 7) is 0.988. The van der Waals surface area contributed by atoms with Crippen molar-refractivity contribution in [1.82, 2.24) is 0 Å². The molecule has 0 radical (unpaired) electrons. The second-order valence-corrected chi connectivity index (χ2v) is 5.65. The molecule has 1 aliphatic rings. The number of rotatable bonds is 5. The maximum atomic E-state index is 12.1. The third-order valence-corrected chi connectivity index (χ3v) is 3.67. The average Bonchev–Trinajstić information content (AvgIpc) is 2.62. The quantitative estimate of drug-likeness (QED) is 0.562. The normalized spacial score (nSPS) is 12.8. The van der Waals surface area contributed by atoms with E-state index < -0.39 is 11.9 Å². The summed E-state index contributed by atoms with van der Waals surface area (Å²) in [4.78, 5) is 22.8. The van der Waals surface area contributed by atoms with Gasteiger partial charge in [-0.2, -0.15) is 0 Å². The van der Waals surface area contributed by atoms with Crippen molar-refractivity contribution < 1.29 is 29.3 Å². The van der Waals surface area contributed by atoms with Crippen LogP contribution in [0.15, 0.2) is 42.5 Å². The van der Waals surface area contributed by atoms with E-state index in [4.69, 9.17) is 14.6 Å². The van der Waals surface area contributed by atoms with E-state index in [-0.39, 0.29) is 17.9 Å². The van der Waals surface area contributed by atoms with Crippen molar-refractivity contribution in [1.29, 1.82) is 0 Å². The number of ether oxygens (including phenoxy) is 2. The van der Waals surface area contributed by atoms with Gasteiger partial charge in [-0.3, -0.25) is 9.59 Å². The summed E-state index contributed by atoms with van der Waals surface area (Å²) < 4.78 is 10.9. The molecule has 2 aromatic carbocycles. The highest BCUT2D eigenvalue weighted by Gasteiger charge is 2.11. The van der Waals surface area contributed by atoms with Crippen LogP contribution in [0, 0.1) is 0 Å². The van der Waals surface area contributed by atoms with Crippen molar-refractivity contribution in [2.75, 3.05) is 18.5 Å². The first-order valence-corrected chi connectivity index (χ1v) is 7.93. The zero-order valence-corrected chi connectivity index (χ0v) is 13.8. The van der Waals surface area contributed by atoms with Gasteiger partial charge >= 0.3 is 5.97 Å². The SMILES string of the molecule is O=C(O)Cc1ccc(O)c(NC(=O)/C=C\c2ccc3c(c2)OCCO3)c1. The van der Waals surface area contributed by atoms with E-state index in [1.807, 2.05) is 0 Å². The second-order valence-electron chi connectivity index (χ2n) is 5.65. The molecule has 0 saturated carbocycles. The molecule has 26 heavy (non-hydrogen) atoms. The standard InChI is InChI=1S/C19H17NO6/c21-15-4-1-13(11-19(23)24)9-14(15)20-18(22)6-3-12-2-5-16-17(10-12)26-8-7-25-16/h1-6,9-10,21H,7-8,11H2,(H,20,22)(H,23,24)/b6-3-. The van der Waals surface area contributed by atoms with E-state index in [9.17, 15) is 14.7 Å². The van der Waals surface area contributed by atoms with Crippen LogP contribution >= 0.6 is 0 Å². The molecule has 1 aliphatic heterocycles. The van der Waals surface area contributed by atoms with E-state index in [1.165, 1.54) is 24.3 Å². The number of carboxylic acid groups (broad SMARTS) is 1. The Morgan fingerprint density at radius 3 is 2.62 bits per heavy atom. The number of nitrogens with one attached hydrogen (secondary N) is 1. The van der Waals surface area contributed by atoms with Crippen LogP contribution in [0.3, 0.4) is 0 Å². The number of hydrogen-bond donors (Lipinski definition) is 3. The molecule has 7 heteroatoms. The van der Waals surface area contributed by atoms with Crippen LogP contribution in [-0.4, -0.2) is 35.3 Å². The minimum absolute atomic E-state index is 0.139. The van der Waals surface area contributed by atoms with E-state index in [0.29, 0.717) is 30.3 Å². The Morgan fingerprint density at radius 2 is 1.85 bits per heavy atom. The average molecular weight is 355 g/mol. The molecule has 3 rings (SSSR count). The number of anilines is 1. The van der Waals surface area contributed by atoms with Crippen LogP contribution < -0.4 is 14.8 Å². The number of hydrogen-bond acceptors (Lipinski definition) is 5. The van der Waals surface area contributed by atoms with Crippen molar-refractivity contribution in [3.05, 3.63) is 53.6 Å². The first-order chi connectivity index (χ1) is 12.5. The first-order valence-electron chi connectivity index (χ1n) is 7.93. The minimum Gasteiger partial charge on any atom is -0.506 e. The van der Waals surface area contributed by atoms with Crippen LogP contribution in [0.5, 0.6) is 17.2 Å². The fourth-order valence-electron chi connectivity index (χ4n) is 2.48. The van der Waals surface area contributed by atoms with Gasteiger partial charge < -0.3 is 25.0 Å². The van der Waals surface area contributed by atoms with E-state index in [1.54, 1.807) is 24.3 Å². The lowest BCUT2D eigenvalue weighted by Crippen LogP contribution is -2.15. The van der Waals surface area contributed by atoms with Gasteiger partial charge in [0.25, 0.3) is 0 Å². The number of carboxylic acids is 1. The minimum atomic E-state index is -0.994. The molecule has 1 heterocycles. The van der Waals surface area contributed by atoms with Crippen LogP contribution in [0.25, 0.3) is 6.08 Å². The summed E-state index contributed by atoms with van der Waals surface area (Å²) in [7, 11) is 0. The molecule has 1 amide bonds. The van der Waals surface area contributed by atoms with Gasteiger partial charge in [-0.25, -0.2) is 0 Å². The summed E-state index contributed by atoms with van der Waals surface area (Å²) in [6, 6.07) is 9.60. The number of phenolic OH excluding ortho intramolecular Hbond substituents is 1. The lowest BCUT2D eigenvalue weighted by Gasteiger charge is -2.18. The van der Waals surface area contributed by atoms with Crippen LogP contribution in [0.1, 0.15) is 11.1 Å². The van der Waals surface area contributed by atoms with Crippen molar-refractivity contribution in [2.45, 2.75) is 6.42 Å². The number of benzene rings is 2. The van der Waals surface area contributed by atoms with Crippen molar-refractivity contribution in [2.24, 2.45) is 0 Å². The number of phenols is 1. The van der Waals surface area contributed by atoms with Gasteiger partial charge in [0, 0.05) is 6.08 Å². The lowest BCUT2D eigenvalue weighted by molar-refractivity contribution is -0.136. The van der Waals surface area contributed by atoms with Gasteiger partial charge in [0.15, 0.2) is 11.5 Å². The van der Waals surface area contributed by atoms with Gasteiger partial charge in [-0.1, -0.05) is 12.1 Å². The van der Waals surface area contributed by atoms with E-state index >= 15 is 0 Å². The Morgan fingerprint density at radius 1 is 1.08 bits per heavy atom. The van der Waals surface area contributed by atoms with Gasteiger partial charge in [0.05, 0.1) is 12.1 Å². The Bertz CT molecular complexity index is 874. The first kappa shape index (κ1) is 17.3. The summed E-state index contributed by atoms with van der Waals surface area (Å²) in [5, 5.41) is 21.2. The molecule has 0 unspecified atom stereocenters. The van der Waals surface area contributed by atoms with Gasteiger partial charge in [-0.15, -0.1) is 0 Å². The van der Waals surface area contributed by atoms with Gasteiger partial charge in [-0.05, 0) is 41.5 Å². The number of amides is 1. The molecule has 0 bridgehead atoms. The third-order valence-electron chi connectivity index (χ3n) is 3.67. The zero-order valence-electron chi connectivity index (χ0n) is 13.8. The molecule has 0 aromatic heterocycles. The molecule has 2 aromatic rings. The topological polar surface area (TPSA) is 105 Å². The monoisotopic (exact) mass is 355 g/mol. The fourth-order valence-corrected chi connectivity index (χ4v) is 2.48. The summed E-state index contributed by atoms with van der Waals surface area (Å²) in [5.41, 5.74) is 1.38. The zero-order chi connectivity index (χ0) is 18.5. The summed E-state index contributed by atoms with van der Waals surface area (Å²) in [5.74, 6) is -0.301. The number of fused-ring (bicyclic) bond motifs is 1. The predicted molar refractivity (Wildman–Crippen MR) is 94.5 cm³/mol. The Hall–Kier alpha value is -3.48. The Balaban J connectivity index is 1.69. The second kappa shape index (κ2) is 7.60. The molecule has 3 N–H and O–H groups in total. The fraction of sp³-hybridized carbons (Fsp3) is 0.158. The van der Waals surface area contributed by atoms with Crippen LogP contribution in [0.2, 0.25) is 0 Å². The molecular weight excluding hydrogens is 338 g/mol.